The summed E-state index contributed by atoms with van der Waals surface area (Å²) >= 11 is 0. The molecular formula is C14H10F2O2. The van der Waals surface area contributed by atoms with Gasteiger partial charge in [-0.3, -0.25) is 4.79 Å². The van der Waals surface area contributed by atoms with Gasteiger partial charge in [-0.2, -0.15) is 0 Å². The summed E-state index contributed by atoms with van der Waals surface area (Å²) in [5.74, 6) is -1.02. The van der Waals surface area contributed by atoms with E-state index in [-0.39, 0.29) is 5.75 Å². The average Bonchev–Trinajstić information content (AvgIpc) is 2.36. The molecule has 0 fully saturated rings. The van der Waals surface area contributed by atoms with Gasteiger partial charge in [-0.15, -0.1) is 0 Å². The molecule has 0 atom stereocenters. The molecule has 0 amide bonds. The summed E-state index contributed by atoms with van der Waals surface area (Å²) in [6.07, 6.45) is 0.708. The van der Waals surface area contributed by atoms with Crippen LogP contribution >= 0.6 is 0 Å². The monoisotopic (exact) mass is 248 g/mol. The van der Waals surface area contributed by atoms with Crippen molar-refractivity contribution in [2.75, 3.05) is 0 Å². The number of rotatable bonds is 3. The minimum absolute atomic E-state index is 0.183. The van der Waals surface area contributed by atoms with Gasteiger partial charge in [-0.1, -0.05) is 0 Å². The van der Waals surface area contributed by atoms with E-state index in [1.807, 2.05) is 0 Å². The highest BCUT2D eigenvalue weighted by Crippen LogP contribution is 2.28. The van der Waals surface area contributed by atoms with Gasteiger partial charge >= 0.3 is 0 Å². The second kappa shape index (κ2) is 4.96. The lowest BCUT2D eigenvalue weighted by molar-refractivity contribution is 0.112. The number of benzene rings is 2. The van der Waals surface area contributed by atoms with Gasteiger partial charge in [0.25, 0.3) is 0 Å². The van der Waals surface area contributed by atoms with E-state index in [9.17, 15) is 13.6 Å². The van der Waals surface area contributed by atoms with Gasteiger partial charge in [0.05, 0.1) is 0 Å². The standard InChI is InChI=1S/C14H10F2O2/c1-9-6-10(8-17)2-5-13(9)18-14-7-11(15)3-4-12(14)16/h2-8H,1H3. The van der Waals surface area contributed by atoms with Crippen LogP contribution in [0, 0.1) is 18.6 Å². The molecular weight excluding hydrogens is 238 g/mol. The summed E-state index contributed by atoms with van der Waals surface area (Å²) in [7, 11) is 0. The van der Waals surface area contributed by atoms with Gasteiger partial charge in [0.15, 0.2) is 11.6 Å². The van der Waals surface area contributed by atoms with E-state index in [2.05, 4.69) is 0 Å². The third-order valence-corrected chi connectivity index (χ3v) is 2.45. The van der Waals surface area contributed by atoms with Gasteiger partial charge in [0.2, 0.25) is 0 Å². The number of halogens is 2. The Hall–Kier alpha value is -2.23. The summed E-state index contributed by atoms with van der Waals surface area (Å²) in [4.78, 5) is 10.6. The van der Waals surface area contributed by atoms with Crippen LogP contribution in [-0.4, -0.2) is 6.29 Å². The lowest BCUT2D eigenvalue weighted by atomic mass is 10.1. The molecule has 0 heterocycles. The SMILES string of the molecule is Cc1cc(C=O)ccc1Oc1cc(F)ccc1F. The summed E-state index contributed by atoms with van der Waals surface area (Å²) in [6, 6.07) is 7.70. The van der Waals surface area contributed by atoms with Crippen molar-refractivity contribution >= 4 is 6.29 Å². The van der Waals surface area contributed by atoms with Gasteiger partial charge in [-0.25, -0.2) is 8.78 Å². The molecule has 2 aromatic carbocycles. The zero-order chi connectivity index (χ0) is 13.1. The summed E-state index contributed by atoms with van der Waals surface area (Å²) in [6.45, 7) is 1.72. The first-order chi connectivity index (χ1) is 8.60. The summed E-state index contributed by atoms with van der Waals surface area (Å²) < 4.78 is 31.7. The molecule has 0 aliphatic rings. The van der Waals surface area contributed by atoms with Crippen molar-refractivity contribution in [1.29, 1.82) is 0 Å². The first kappa shape index (κ1) is 12.2. The van der Waals surface area contributed by atoms with Crippen LogP contribution in [0.3, 0.4) is 0 Å². The fourth-order valence-corrected chi connectivity index (χ4v) is 1.53. The van der Waals surface area contributed by atoms with Crippen LogP contribution in [0.15, 0.2) is 36.4 Å². The highest BCUT2D eigenvalue weighted by Gasteiger charge is 2.08. The van der Waals surface area contributed by atoms with Gasteiger partial charge in [0, 0.05) is 11.6 Å². The maximum atomic E-state index is 13.4. The molecule has 2 aromatic rings. The molecule has 0 bridgehead atoms. The number of ether oxygens (including phenoxy) is 1. The molecule has 0 unspecified atom stereocenters. The van der Waals surface area contributed by atoms with Crippen LogP contribution in [0.1, 0.15) is 15.9 Å². The molecule has 18 heavy (non-hydrogen) atoms. The third-order valence-electron chi connectivity index (χ3n) is 2.45. The topological polar surface area (TPSA) is 26.3 Å². The molecule has 2 rings (SSSR count). The molecule has 0 aliphatic heterocycles. The van der Waals surface area contributed by atoms with Crippen molar-refractivity contribution in [2.45, 2.75) is 6.92 Å². The minimum Gasteiger partial charge on any atom is -0.454 e. The van der Waals surface area contributed by atoms with E-state index in [1.165, 1.54) is 0 Å². The van der Waals surface area contributed by atoms with Crippen molar-refractivity contribution in [3.8, 4) is 11.5 Å². The van der Waals surface area contributed by atoms with Crippen LogP contribution in [0.25, 0.3) is 0 Å². The maximum Gasteiger partial charge on any atom is 0.165 e. The van der Waals surface area contributed by atoms with Crippen LogP contribution < -0.4 is 4.74 Å². The Balaban J connectivity index is 2.34. The Labute approximate surface area is 103 Å². The lowest BCUT2D eigenvalue weighted by Gasteiger charge is -2.09. The molecule has 0 spiro atoms. The highest BCUT2D eigenvalue weighted by atomic mass is 19.1. The molecule has 0 saturated heterocycles. The Bertz CT molecular complexity index is 594. The number of aryl methyl sites for hydroxylation is 1. The molecule has 0 radical (unpaired) electrons. The van der Waals surface area contributed by atoms with E-state index in [0.717, 1.165) is 18.2 Å². The Morgan fingerprint density at radius 2 is 1.83 bits per heavy atom. The predicted octanol–water partition coefficient (Wildman–Crippen LogP) is 3.88. The van der Waals surface area contributed by atoms with Crippen molar-refractivity contribution < 1.29 is 18.3 Å². The minimum atomic E-state index is -0.643. The van der Waals surface area contributed by atoms with E-state index in [0.29, 0.717) is 23.2 Å². The number of hydrogen-bond donors (Lipinski definition) is 0. The van der Waals surface area contributed by atoms with Crippen molar-refractivity contribution in [3.63, 3.8) is 0 Å². The molecule has 4 heteroatoms. The third kappa shape index (κ3) is 2.53. The lowest BCUT2D eigenvalue weighted by Crippen LogP contribution is -1.92. The van der Waals surface area contributed by atoms with Crippen molar-refractivity contribution in [2.24, 2.45) is 0 Å². The number of carbonyl (C=O) groups excluding carboxylic acids is 1. The molecule has 0 saturated carbocycles. The quantitative estimate of drug-likeness (QED) is 0.770. The fraction of sp³-hybridized carbons (Fsp3) is 0.0714. The van der Waals surface area contributed by atoms with Crippen LogP contribution in [0.5, 0.6) is 11.5 Å². The largest absolute Gasteiger partial charge is 0.454 e. The van der Waals surface area contributed by atoms with Gasteiger partial charge < -0.3 is 4.74 Å². The zero-order valence-corrected chi connectivity index (χ0v) is 9.61. The second-order valence-electron chi connectivity index (χ2n) is 3.82. The van der Waals surface area contributed by atoms with Crippen LogP contribution in [0.2, 0.25) is 0 Å². The smallest absolute Gasteiger partial charge is 0.165 e. The molecule has 2 nitrogen and oxygen atoms in total. The van der Waals surface area contributed by atoms with Crippen molar-refractivity contribution in [1.82, 2.24) is 0 Å². The Kier molecular flexibility index (Phi) is 3.37. The zero-order valence-electron chi connectivity index (χ0n) is 9.61. The molecule has 92 valence electrons. The predicted molar refractivity (Wildman–Crippen MR) is 63.0 cm³/mol. The Morgan fingerprint density at radius 3 is 2.50 bits per heavy atom. The van der Waals surface area contributed by atoms with E-state index >= 15 is 0 Å². The number of hydrogen-bond acceptors (Lipinski definition) is 2. The van der Waals surface area contributed by atoms with E-state index < -0.39 is 11.6 Å². The summed E-state index contributed by atoms with van der Waals surface area (Å²) in [5, 5.41) is 0. The highest BCUT2D eigenvalue weighted by molar-refractivity contribution is 5.75. The first-order valence-corrected chi connectivity index (χ1v) is 5.29. The maximum absolute atomic E-state index is 13.4. The normalized spacial score (nSPS) is 10.2. The molecule has 0 N–H and O–H groups in total. The summed E-state index contributed by atoms with van der Waals surface area (Å²) in [5.41, 5.74) is 1.17. The van der Waals surface area contributed by atoms with Crippen LogP contribution in [0.4, 0.5) is 8.78 Å². The second-order valence-corrected chi connectivity index (χ2v) is 3.82. The number of carbonyl (C=O) groups is 1. The number of aldehydes is 1. The van der Waals surface area contributed by atoms with Gasteiger partial charge in [0.1, 0.15) is 17.9 Å². The molecule has 0 aliphatic carbocycles. The van der Waals surface area contributed by atoms with Crippen LogP contribution in [-0.2, 0) is 0 Å². The van der Waals surface area contributed by atoms with E-state index in [1.54, 1.807) is 25.1 Å². The average molecular weight is 248 g/mol. The fourth-order valence-electron chi connectivity index (χ4n) is 1.53. The van der Waals surface area contributed by atoms with Gasteiger partial charge in [-0.05, 0) is 42.8 Å². The molecule has 0 aromatic heterocycles. The first-order valence-electron chi connectivity index (χ1n) is 5.29. The van der Waals surface area contributed by atoms with Crippen molar-refractivity contribution in [3.05, 3.63) is 59.2 Å². The van der Waals surface area contributed by atoms with E-state index in [4.69, 9.17) is 4.74 Å². The Morgan fingerprint density at radius 1 is 1.06 bits per heavy atom.